The van der Waals surface area contributed by atoms with E-state index in [1.807, 2.05) is 48.5 Å². The Morgan fingerprint density at radius 1 is 0.535 bits per heavy atom. The van der Waals surface area contributed by atoms with Gasteiger partial charge in [-0.3, -0.25) is 0 Å². The van der Waals surface area contributed by atoms with Gasteiger partial charge in [-0.2, -0.15) is 9.13 Å². The second kappa shape index (κ2) is 12.7. The molecule has 6 aromatic rings. The SMILES string of the molecule is CCC(CC)Oc1ccc(-[n+]2ccc(-c3cc[n+](-c4ccc(O)c(-c5ccccc5)c4)cc3)cc2)cc1-c1ccccc1. The molecule has 4 aromatic carbocycles. The maximum Gasteiger partial charge on any atom is 0.211 e. The van der Waals surface area contributed by atoms with Gasteiger partial charge in [-0.1, -0.05) is 74.5 Å². The highest BCUT2D eigenvalue weighted by molar-refractivity contribution is 5.73. The van der Waals surface area contributed by atoms with Crippen LogP contribution in [0, 0.1) is 0 Å². The number of benzene rings is 4. The van der Waals surface area contributed by atoms with Gasteiger partial charge in [-0.25, -0.2) is 0 Å². The smallest absolute Gasteiger partial charge is 0.211 e. The van der Waals surface area contributed by atoms with Crippen LogP contribution >= 0.6 is 0 Å². The summed E-state index contributed by atoms with van der Waals surface area (Å²) in [6.45, 7) is 4.34. The van der Waals surface area contributed by atoms with Crippen LogP contribution in [0.3, 0.4) is 0 Å². The molecule has 2 aromatic heterocycles. The highest BCUT2D eigenvalue weighted by Gasteiger charge is 2.17. The van der Waals surface area contributed by atoms with Gasteiger partial charge in [0.05, 0.1) is 6.10 Å². The van der Waals surface area contributed by atoms with Crippen molar-refractivity contribution in [2.75, 3.05) is 0 Å². The van der Waals surface area contributed by atoms with Crippen LogP contribution in [0.1, 0.15) is 26.7 Å². The Balaban J connectivity index is 1.25. The van der Waals surface area contributed by atoms with Crippen molar-refractivity contribution in [3.8, 4) is 56.3 Å². The lowest BCUT2D eigenvalue weighted by molar-refractivity contribution is -0.596. The van der Waals surface area contributed by atoms with Crippen molar-refractivity contribution < 1.29 is 19.0 Å². The fraction of sp³-hybridized carbons (Fsp3) is 0.128. The molecule has 0 bridgehead atoms. The standard InChI is InChI=1S/C39H35N2O2/c1-3-35(4-2)43-39-18-16-34(28-37(39)32-13-9-6-10-14-32)41-25-21-30(22-26-41)29-19-23-40(24-20-29)33-15-17-38(42)36(27-33)31-11-7-5-8-12-31/h5-28,35H,3-4H2,1-2H3/q+1/p+1. The minimum Gasteiger partial charge on any atom is -0.507 e. The molecule has 0 saturated carbocycles. The number of hydrogen-bond acceptors (Lipinski definition) is 2. The molecular formula is C39H36N2O2+2. The predicted molar refractivity (Wildman–Crippen MR) is 172 cm³/mol. The average molecular weight is 565 g/mol. The normalized spacial score (nSPS) is 11.0. The Bertz CT molecular complexity index is 1800. The molecule has 0 aliphatic rings. The van der Waals surface area contributed by atoms with E-state index in [-0.39, 0.29) is 11.9 Å². The van der Waals surface area contributed by atoms with Crippen molar-refractivity contribution in [1.29, 1.82) is 0 Å². The number of phenolic OH excluding ortho intramolecular Hbond substituents is 1. The minimum atomic E-state index is 0.199. The van der Waals surface area contributed by atoms with Crippen LogP contribution in [-0.4, -0.2) is 11.2 Å². The molecule has 0 atom stereocenters. The van der Waals surface area contributed by atoms with Gasteiger partial charge < -0.3 is 9.84 Å². The third-order valence-electron chi connectivity index (χ3n) is 7.91. The average Bonchev–Trinajstić information content (AvgIpc) is 3.08. The number of pyridine rings is 2. The van der Waals surface area contributed by atoms with E-state index in [2.05, 4.69) is 114 Å². The summed E-state index contributed by atoms with van der Waals surface area (Å²) >= 11 is 0. The van der Waals surface area contributed by atoms with Crippen molar-refractivity contribution in [2.24, 2.45) is 0 Å². The second-order valence-electron chi connectivity index (χ2n) is 10.7. The molecule has 4 nitrogen and oxygen atoms in total. The van der Waals surface area contributed by atoms with Gasteiger partial charge in [0.1, 0.15) is 11.5 Å². The van der Waals surface area contributed by atoms with Crippen LogP contribution in [0.25, 0.3) is 44.8 Å². The highest BCUT2D eigenvalue weighted by atomic mass is 16.5. The van der Waals surface area contributed by atoms with Gasteiger partial charge in [0.2, 0.25) is 11.4 Å². The predicted octanol–water partition coefficient (Wildman–Crippen LogP) is 8.51. The zero-order chi connectivity index (χ0) is 29.6. The monoisotopic (exact) mass is 564 g/mol. The van der Waals surface area contributed by atoms with Gasteiger partial charge in [0.15, 0.2) is 24.8 Å². The Morgan fingerprint density at radius 3 is 1.51 bits per heavy atom. The maximum absolute atomic E-state index is 10.5. The molecule has 0 amide bonds. The molecule has 212 valence electrons. The van der Waals surface area contributed by atoms with E-state index in [0.717, 1.165) is 63.3 Å². The summed E-state index contributed by atoms with van der Waals surface area (Å²) in [5.74, 6) is 1.19. The summed E-state index contributed by atoms with van der Waals surface area (Å²) in [4.78, 5) is 0. The van der Waals surface area contributed by atoms with Crippen molar-refractivity contribution in [2.45, 2.75) is 32.8 Å². The number of phenols is 1. The molecule has 0 unspecified atom stereocenters. The maximum atomic E-state index is 10.5. The molecule has 0 aliphatic carbocycles. The molecule has 0 fully saturated rings. The molecule has 2 heterocycles. The zero-order valence-electron chi connectivity index (χ0n) is 24.6. The number of rotatable bonds is 9. The van der Waals surface area contributed by atoms with E-state index in [0.29, 0.717) is 0 Å². The first-order valence-electron chi connectivity index (χ1n) is 14.9. The van der Waals surface area contributed by atoms with Crippen molar-refractivity contribution >= 4 is 0 Å². The Labute approximate surface area is 253 Å². The Hall–Kier alpha value is -5.22. The Kier molecular flexibility index (Phi) is 8.28. The van der Waals surface area contributed by atoms with E-state index in [9.17, 15) is 5.11 Å². The number of hydrogen-bond donors (Lipinski definition) is 1. The van der Waals surface area contributed by atoms with Gasteiger partial charge in [0.25, 0.3) is 0 Å². The minimum absolute atomic E-state index is 0.199. The van der Waals surface area contributed by atoms with E-state index < -0.39 is 0 Å². The molecule has 0 aliphatic heterocycles. The quantitative estimate of drug-likeness (QED) is 0.179. The van der Waals surface area contributed by atoms with Crippen LogP contribution < -0.4 is 13.9 Å². The lowest BCUT2D eigenvalue weighted by Gasteiger charge is -2.18. The van der Waals surface area contributed by atoms with Gasteiger partial charge in [-0.15, -0.1) is 0 Å². The first kappa shape index (κ1) is 27.9. The van der Waals surface area contributed by atoms with E-state index >= 15 is 0 Å². The van der Waals surface area contributed by atoms with Crippen LogP contribution in [-0.2, 0) is 0 Å². The van der Waals surface area contributed by atoms with E-state index in [1.54, 1.807) is 6.07 Å². The van der Waals surface area contributed by atoms with Gasteiger partial charge in [0, 0.05) is 59.7 Å². The summed E-state index contributed by atoms with van der Waals surface area (Å²) in [7, 11) is 0. The van der Waals surface area contributed by atoms with Gasteiger partial charge >= 0.3 is 0 Å². The molecule has 4 heteroatoms. The summed E-state index contributed by atoms with van der Waals surface area (Å²) in [5, 5.41) is 10.5. The number of aromatic hydroxyl groups is 1. The molecule has 0 spiro atoms. The summed E-state index contributed by atoms with van der Waals surface area (Å²) in [6, 6.07) is 41.0. The molecule has 43 heavy (non-hydrogen) atoms. The third kappa shape index (κ3) is 6.19. The van der Waals surface area contributed by atoms with Crippen LogP contribution in [0.2, 0.25) is 0 Å². The zero-order valence-corrected chi connectivity index (χ0v) is 24.6. The summed E-state index contributed by atoms with van der Waals surface area (Å²) in [6.07, 6.45) is 10.5. The fourth-order valence-electron chi connectivity index (χ4n) is 5.38. The topological polar surface area (TPSA) is 37.2 Å². The molecular weight excluding hydrogens is 528 g/mol. The number of aromatic nitrogens is 2. The number of nitrogens with zero attached hydrogens (tertiary/aromatic N) is 2. The van der Waals surface area contributed by atoms with Crippen molar-refractivity contribution in [3.05, 3.63) is 146 Å². The van der Waals surface area contributed by atoms with Crippen molar-refractivity contribution in [3.63, 3.8) is 0 Å². The van der Waals surface area contributed by atoms with E-state index in [1.165, 1.54) is 0 Å². The molecule has 0 radical (unpaired) electrons. The van der Waals surface area contributed by atoms with Crippen molar-refractivity contribution in [1.82, 2.24) is 0 Å². The van der Waals surface area contributed by atoms with Crippen LogP contribution in [0.15, 0.2) is 146 Å². The lowest BCUT2D eigenvalue weighted by atomic mass is 10.0. The highest BCUT2D eigenvalue weighted by Crippen LogP contribution is 2.33. The van der Waals surface area contributed by atoms with E-state index in [4.69, 9.17) is 4.74 Å². The molecule has 6 rings (SSSR count). The molecule has 0 saturated heterocycles. The van der Waals surface area contributed by atoms with Gasteiger partial charge in [-0.05, 0) is 47.2 Å². The molecule has 1 N–H and O–H groups in total. The second-order valence-corrected chi connectivity index (χ2v) is 10.7. The Morgan fingerprint density at radius 2 is 1.00 bits per heavy atom. The lowest BCUT2D eigenvalue weighted by Crippen LogP contribution is -2.30. The largest absolute Gasteiger partial charge is 0.507 e. The first-order valence-corrected chi connectivity index (χ1v) is 14.9. The van der Waals surface area contributed by atoms with Crippen LogP contribution in [0.5, 0.6) is 11.5 Å². The number of ether oxygens (including phenoxy) is 1. The third-order valence-corrected chi connectivity index (χ3v) is 7.91. The first-order chi connectivity index (χ1) is 21.1. The summed E-state index contributed by atoms with van der Waals surface area (Å²) in [5.41, 5.74) is 8.37. The van der Waals surface area contributed by atoms with Crippen LogP contribution in [0.4, 0.5) is 0 Å². The fourth-order valence-corrected chi connectivity index (χ4v) is 5.38. The summed E-state index contributed by atoms with van der Waals surface area (Å²) < 4.78 is 10.6.